The Labute approximate surface area is 193 Å². The number of nitro groups is 1. The van der Waals surface area contributed by atoms with E-state index in [0.717, 1.165) is 25.3 Å². The lowest BCUT2D eigenvalue weighted by Gasteiger charge is -2.38. The van der Waals surface area contributed by atoms with Crippen molar-refractivity contribution in [2.24, 2.45) is 0 Å². The van der Waals surface area contributed by atoms with Crippen molar-refractivity contribution in [1.82, 2.24) is 0 Å². The van der Waals surface area contributed by atoms with E-state index in [9.17, 15) is 28.5 Å². The number of esters is 2. The topological polar surface area (TPSA) is 117 Å². The summed E-state index contributed by atoms with van der Waals surface area (Å²) in [5, 5.41) is 11.6. The lowest BCUT2D eigenvalue weighted by molar-refractivity contribution is -0.385. The third-order valence-electron chi connectivity index (χ3n) is 5.05. The molecule has 12 heteroatoms. The summed E-state index contributed by atoms with van der Waals surface area (Å²) >= 11 is 0. The number of methoxy groups -OCH3 is 1. The van der Waals surface area contributed by atoms with Crippen LogP contribution >= 0.6 is 0 Å². The number of benzene rings is 2. The maximum Gasteiger partial charge on any atom is 0.343 e. The fraction of sp³-hybridized carbons (Fsp3) is 0.364. The summed E-state index contributed by atoms with van der Waals surface area (Å²) in [7, 11) is 1.11. The van der Waals surface area contributed by atoms with E-state index in [1.54, 1.807) is 11.8 Å². The van der Waals surface area contributed by atoms with Gasteiger partial charge in [-0.1, -0.05) is 0 Å². The van der Waals surface area contributed by atoms with E-state index in [1.807, 2.05) is 0 Å². The van der Waals surface area contributed by atoms with Gasteiger partial charge in [-0.25, -0.2) is 13.6 Å². The highest BCUT2D eigenvalue weighted by Gasteiger charge is 2.32. The second-order valence-corrected chi connectivity index (χ2v) is 7.25. The van der Waals surface area contributed by atoms with E-state index in [4.69, 9.17) is 14.2 Å². The first-order valence-electron chi connectivity index (χ1n) is 10.2. The van der Waals surface area contributed by atoms with Gasteiger partial charge < -0.3 is 23.8 Å². The van der Waals surface area contributed by atoms with Crippen LogP contribution in [0.2, 0.25) is 0 Å². The summed E-state index contributed by atoms with van der Waals surface area (Å²) < 4.78 is 48.7. The average molecular weight is 480 g/mol. The molecule has 0 amide bonds. The van der Waals surface area contributed by atoms with Gasteiger partial charge in [-0.05, 0) is 19.1 Å². The molecule has 0 aromatic heterocycles. The van der Waals surface area contributed by atoms with E-state index >= 15 is 0 Å². The number of fused-ring (bicyclic) bond motifs is 1. The summed E-state index contributed by atoms with van der Waals surface area (Å²) in [6.07, 6.45) is -0.102. The zero-order valence-electron chi connectivity index (χ0n) is 18.4. The molecular weight excluding hydrogens is 458 g/mol. The van der Waals surface area contributed by atoms with Crippen molar-refractivity contribution in [1.29, 1.82) is 0 Å². The summed E-state index contributed by atoms with van der Waals surface area (Å²) in [6, 6.07) is 4.95. The highest BCUT2D eigenvalue weighted by molar-refractivity contribution is 5.72. The van der Waals surface area contributed by atoms with Gasteiger partial charge in [0.05, 0.1) is 36.8 Å². The van der Waals surface area contributed by atoms with Crippen LogP contribution in [0.1, 0.15) is 18.9 Å². The second-order valence-electron chi connectivity index (χ2n) is 7.25. The van der Waals surface area contributed by atoms with Gasteiger partial charge in [0.2, 0.25) is 5.75 Å². The van der Waals surface area contributed by atoms with E-state index in [-0.39, 0.29) is 37.5 Å². The van der Waals surface area contributed by atoms with Gasteiger partial charge in [0, 0.05) is 30.3 Å². The van der Waals surface area contributed by atoms with Gasteiger partial charge in [-0.15, -0.1) is 0 Å². The molecule has 34 heavy (non-hydrogen) atoms. The van der Waals surface area contributed by atoms with Crippen LogP contribution in [-0.4, -0.2) is 49.8 Å². The fourth-order valence-electron chi connectivity index (χ4n) is 3.45. The van der Waals surface area contributed by atoms with Crippen LogP contribution in [0, 0.1) is 21.7 Å². The van der Waals surface area contributed by atoms with Crippen molar-refractivity contribution < 1.29 is 42.2 Å². The van der Waals surface area contributed by atoms with Gasteiger partial charge in [-0.3, -0.25) is 14.9 Å². The van der Waals surface area contributed by atoms with Crippen molar-refractivity contribution in [3.05, 3.63) is 57.6 Å². The first kappa shape index (κ1) is 24.7. The minimum atomic E-state index is -0.837. The first-order valence-corrected chi connectivity index (χ1v) is 10.2. The minimum Gasteiger partial charge on any atom is -0.489 e. The number of halogens is 2. The van der Waals surface area contributed by atoms with Gasteiger partial charge >= 0.3 is 17.6 Å². The zero-order valence-corrected chi connectivity index (χ0v) is 18.4. The van der Waals surface area contributed by atoms with Crippen molar-refractivity contribution in [2.75, 3.05) is 31.8 Å². The smallest absolute Gasteiger partial charge is 0.343 e. The van der Waals surface area contributed by atoms with Crippen molar-refractivity contribution in [3.8, 4) is 11.5 Å². The lowest BCUT2D eigenvalue weighted by atomic mass is 10.1. The molecule has 0 fully saturated rings. The average Bonchev–Trinajstić information content (AvgIpc) is 2.79. The Kier molecular flexibility index (Phi) is 7.82. The van der Waals surface area contributed by atoms with Crippen LogP contribution in [0.5, 0.6) is 11.5 Å². The van der Waals surface area contributed by atoms with E-state index < -0.39 is 52.6 Å². The molecule has 0 bridgehead atoms. The lowest BCUT2D eigenvalue weighted by Crippen LogP contribution is -2.44. The van der Waals surface area contributed by atoms with E-state index in [2.05, 4.69) is 4.74 Å². The molecule has 3 rings (SSSR count). The number of rotatable bonds is 9. The third kappa shape index (κ3) is 5.69. The van der Waals surface area contributed by atoms with Crippen molar-refractivity contribution in [3.63, 3.8) is 0 Å². The standard InChI is InChI=1S/C22H22F2N2O8/c1-3-32-21(27)8-15-11-33-19-7-14(23)4-5-17(19)25(15)10-13-6-18(26(29)30)20(9-16(13)24)34-12-22(28)31-2/h4-7,9,15H,3,8,10-12H2,1-2H3/t15-/m0/s1. The number of hydrogen-bond acceptors (Lipinski definition) is 9. The molecule has 1 atom stereocenters. The van der Waals surface area contributed by atoms with Gasteiger partial charge in [0.15, 0.2) is 6.61 Å². The number of nitrogens with zero attached hydrogens (tertiary/aromatic N) is 2. The highest BCUT2D eigenvalue weighted by atomic mass is 19.1. The Balaban J connectivity index is 1.96. The molecule has 182 valence electrons. The molecule has 0 spiro atoms. The Morgan fingerprint density at radius 3 is 2.68 bits per heavy atom. The number of nitro benzene ring substituents is 1. The van der Waals surface area contributed by atoms with Crippen molar-refractivity contribution >= 4 is 23.3 Å². The number of carbonyl (C=O) groups is 2. The monoisotopic (exact) mass is 480 g/mol. The molecule has 2 aromatic rings. The number of carbonyl (C=O) groups excluding carboxylic acids is 2. The minimum absolute atomic E-state index is 0.0146. The summed E-state index contributed by atoms with van der Waals surface area (Å²) in [6.45, 7) is 0.973. The summed E-state index contributed by atoms with van der Waals surface area (Å²) in [4.78, 5) is 35.8. The molecule has 0 aliphatic carbocycles. The molecule has 0 saturated carbocycles. The molecule has 1 aliphatic heterocycles. The Hall–Kier alpha value is -3.96. The van der Waals surface area contributed by atoms with Crippen LogP contribution in [0.4, 0.5) is 20.2 Å². The molecule has 2 aromatic carbocycles. The SMILES string of the molecule is CCOC(=O)C[C@H]1COc2cc(F)ccc2N1Cc1cc([N+](=O)[O-])c(OCC(=O)OC)cc1F. The first-order chi connectivity index (χ1) is 16.2. The largest absolute Gasteiger partial charge is 0.489 e. The van der Waals surface area contributed by atoms with E-state index in [1.165, 1.54) is 12.1 Å². The highest BCUT2D eigenvalue weighted by Crippen LogP contribution is 2.38. The zero-order chi connectivity index (χ0) is 24.8. The maximum atomic E-state index is 15.0. The molecule has 0 unspecified atom stereocenters. The van der Waals surface area contributed by atoms with Crippen LogP contribution in [0.15, 0.2) is 30.3 Å². The Morgan fingerprint density at radius 2 is 2.00 bits per heavy atom. The Bertz CT molecular complexity index is 1090. The summed E-state index contributed by atoms with van der Waals surface area (Å²) in [5.41, 5.74) is -0.256. The van der Waals surface area contributed by atoms with Crippen molar-refractivity contribution in [2.45, 2.75) is 25.9 Å². The molecule has 0 saturated heterocycles. The van der Waals surface area contributed by atoms with Gasteiger partial charge in [0.25, 0.3) is 0 Å². The van der Waals surface area contributed by atoms with E-state index in [0.29, 0.717) is 5.69 Å². The number of anilines is 1. The normalized spacial score (nSPS) is 14.6. The molecule has 0 N–H and O–H groups in total. The molecule has 10 nitrogen and oxygen atoms in total. The molecule has 1 heterocycles. The van der Waals surface area contributed by atoms with Gasteiger partial charge in [0.1, 0.15) is 24.0 Å². The summed E-state index contributed by atoms with van der Waals surface area (Å²) in [5.74, 6) is -2.94. The molecule has 0 radical (unpaired) electrons. The predicted octanol–water partition coefficient (Wildman–Crippen LogP) is 3.15. The molecular formula is C22H22F2N2O8. The van der Waals surface area contributed by atoms with Crippen LogP contribution in [-0.2, 0) is 25.6 Å². The fourth-order valence-corrected chi connectivity index (χ4v) is 3.45. The predicted molar refractivity (Wildman–Crippen MR) is 114 cm³/mol. The third-order valence-corrected chi connectivity index (χ3v) is 5.05. The van der Waals surface area contributed by atoms with Crippen LogP contribution < -0.4 is 14.4 Å². The Morgan fingerprint density at radius 1 is 1.24 bits per heavy atom. The number of hydrogen-bond donors (Lipinski definition) is 0. The van der Waals surface area contributed by atoms with Crippen LogP contribution in [0.25, 0.3) is 0 Å². The maximum absolute atomic E-state index is 15.0. The van der Waals surface area contributed by atoms with Gasteiger partial charge in [-0.2, -0.15) is 0 Å². The van der Waals surface area contributed by atoms with Crippen LogP contribution in [0.3, 0.4) is 0 Å². The molecule has 1 aliphatic rings. The quantitative estimate of drug-likeness (QED) is 0.303. The second kappa shape index (κ2) is 10.8. The number of ether oxygens (including phenoxy) is 4.